The Kier molecular flexibility index (Phi) is 4.12. The molecule has 0 radical (unpaired) electrons. The smallest absolute Gasteiger partial charge is 0.127 e. The van der Waals surface area contributed by atoms with Crippen LogP contribution in [0.3, 0.4) is 0 Å². The third-order valence-corrected chi connectivity index (χ3v) is 4.02. The van der Waals surface area contributed by atoms with Crippen LogP contribution in [0.2, 0.25) is 0 Å². The summed E-state index contributed by atoms with van der Waals surface area (Å²) in [6, 6.07) is 5.98. The van der Waals surface area contributed by atoms with Gasteiger partial charge in [-0.3, -0.25) is 0 Å². The van der Waals surface area contributed by atoms with Crippen molar-refractivity contribution in [1.29, 1.82) is 0 Å². The SMILES string of the molecule is CCC1(CNCc2ccc(OC)cc2OC)CC1. The quantitative estimate of drug-likeness (QED) is 0.806. The second kappa shape index (κ2) is 5.61. The molecule has 0 aromatic heterocycles. The molecule has 0 spiro atoms. The molecule has 0 saturated heterocycles. The lowest BCUT2D eigenvalue weighted by atomic mass is 10.0. The molecule has 2 rings (SSSR count). The van der Waals surface area contributed by atoms with E-state index in [4.69, 9.17) is 9.47 Å². The maximum absolute atomic E-state index is 5.39. The lowest BCUT2D eigenvalue weighted by Crippen LogP contribution is -2.23. The molecule has 1 aliphatic carbocycles. The molecule has 0 atom stereocenters. The van der Waals surface area contributed by atoms with Gasteiger partial charge in [-0.15, -0.1) is 0 Å². The molecule has 1 aromatic rings. The van der Waals surface area contributed by atoms with Crippen LogP contribution < -0.4 is 14.8 Å². The van der Waals surface area contributed by atoms with Crippen molar-refractivity contribution in [3.63, 3.8) is 0 Å². The van der Waals surface area contributed by atoms with E-state index in [-0.39, 0.29) is 0 Å². The van der Waals surface area contributed by atoms with Crippen molar-refractivity contribution in [3.8, 4) is 11.5 Å². The van der Waals surface area contributed by atoms with Gasteiger partial charge in [0, 0.05) is 24.7 Å². The summed E-state index contributed by atoms with van der Waals surface area (Å²) in [5.74, 6) is 1.73. The summed E-state index contributed by atoms with van der Waals surface area (Å²) >= 11 is 0. The van der Waals surface area contributed by atoms with Gasteiger partial charge in [0.1, 0.15) is 11.5 Å². The molecule has 100 valence electrons. The molecule has 0 aliphatic heterocycles. The van der Waals surface area contributed by atoms with Crippen molar-refractivity contribution < 1.29 is 9.47 Å². The largest absolute Gasteiger partial charge is 0.497 e. The summed E-state index contributed by atoms with van der Waals surface area (Å²) < 4.78 is 10.6. The fraction of sp³-hybridized carbons (Fsp3) is 0.600. The van der Waals surface area contributed by atoms with Crippen LogP contribution in [0.4, 0.5) is 0 Å². The fourth-order valence-corrected chi connectivity index (χ4v) is 2.29. The van der Waals surface area contributed by atoms with E-state index in [1.54, 1.807) is 14.2 Å². The van der Waals surface area contributed by atoms with Crippen LogP contribution in [0, 0.1) is 5.41 Å². The van der Waals surface area contributed by atoms with Crippen molar-refractivity contribution >= 4 is 0 Å². The van der Waals surface area contributed by atoms with Gasteiger partial charge < -0.3 is 14.8 Å². The molecule has 1 fully saturated rings. The Bertz CT molecular complexity index is 399. The number of rotatable bonds is 7. The molecule has 3 nitrogen and oxygen atoms in total. The van der Waals surface area contributed by atoms with E-state index in [1.165, 1.54) is 24.8 Å². The Morgan fingerprint density at radius 3 is 2.56 bits per heavy atom. The zero-order chi connectivity index (χ0) is 13.0. The molecule has 1 aromatic carbocycles. The Morgan fingerprint density at radius 1 is 1.22 bits per heavy atom. The predicted molar refractivity (Wildman–Crippen MR) is 73.2 cm³/mol. The van der Waals surface area contributed by atoms with Gasteiger partial charge in [-0.05, 0) is 30.7 Å². The Morgan fingerprint density at radius 2 is 2.00 bits per heavy atom. The van der Waals surface area contributed by atoms with E-state index < -0.39 is 0 Å². The molecule has 0 unspecified atom stereocenters. The standard InChI is InChI=1S/C15H23NO2/c1-4-15(7-8-15)11-16-10-12-5-6-13(17-2)9-14(12)18-3/h5-6,9,16H,4,7-8,10-11H2,1-3H3. The van der Waals surface area contributed by atoms with E-state index in [2.05, 4.69) is 18.3 Å². The van der Waals surface area contributed by atoms with Crippen molar-refractivity contribution in [1.82, 2.24) is 5.32 Å². The predicted octanol–water partition coefficient (Wildman–Crippen LogP) is 2.98. The maximum atomic E-state index is 5.39. The summed E-state index contributed by atoms with van der Waals surface area (Å²) in [5.41, 5.74) is 1.77. The molecule has 0 bridgehead atoms. The Labute approximate surface area is 109 Å². The van der Waals surface area contributed by atoms with E-state index in [0.717, 1.165) is 24.6 Å². The second-order valence-electron chi connectivity index (χ2n) is 5.13. The van der Waals surface area contributed by atoms with Crippen LogP contribution in [0.5, 0.6) is 11.5 Å². The number of hydrogen-bond donors (Lipinski definition) is 1. The fourth-order valence-electron chi connectivity index (χ4n) is 2.29. The number of ether oxygens (including phenoxy) is 2. The van der Waals surface area contributed by atoms with Gasteiger partial charge in [0.2, 0.25) is 0 Å². The van der Waals surface area contributed by atoms with Crippen LogP contribution in [-0.2, 0) is 6.54 Å². The van der Waals surface area contributed by atoms with Gasteiger partial charge in [0.15, 0.2) is 0 Å². The van der Waals surface area contributed by atoms with Crippen molar-refractivity contribution in [2.75, 3.05) is 20.8 Å². The van der Waals surface area contributed by atoms with Crippen LogP contribution in [0.1, 0.15) is 31.7 Å². The van der Waals surface area contributed by atoms with E-state index in [1.807, 2.05) is 12.1 Å². The first-order chi connectivity index (χ1) is 8.73. The first-order valence-corrected chi connectivity index (χ1v) is 6.64. The number of hydrogen-bond acceptors (Lipinski definition) is 3. The lowest BCUT2D eigenvalue weighted by molar-refractivity contribution is 0.387. The number of methoxy groups -OCH3 is 2. The van der Waals surface area contributed by atoms with Crippen LogP contribution in [-0.4, -0.2) is 20.8 Å². The molecular weight excluding hydrogens is 226 g/mol. The topological polar surface area (TPSA) is 30.5 Å². The average molecular weight is 249 g/mol. The van der Waals surface area contributed by atoms with E-state index in [0.29, 0.717) is 5.41 Å². The molecule has 0 amide bonds. The van der Waals surface area contributed by atoms with Crippen LogP contribution in [0.25, 0.3) is 0 Å². The highest BCUT2D eigenvalue weighted by Crippen LogP contribution is 2.47. The van der Waals surface area contributed by atoms with Gasteiger partial charge in [0.05, 0.1) is 14.2 Å². The Balaban J connectivity index is 1.92. The highest BCUT2D eigenvalue weighted by atomic mass is 16.5. The third-order valence-electron chi connectivity index (χ3n) is 4.02. The summed E-state index contributed by atoms with van der Waals surface area (Å²) in [6.07, 6.45) is 4.02. The first kappa shape index (κ1) is 13.2. The summed E-state index contributed by atoms with van der Waals surface area (Å²) in [5, 5.41) is 3.55. The minimum atomic E-state index is 0.583. The average Bonchev–Trinajstić information content (AvgIpc) is 3.19. The monoisotopic (exact) mass is 249 g/mol. The van der Waals surface area contributed by atoms with Gasteiger partial charge in [0.25, 0.3) is 0 Å². The molecule has 1 aliphatic rings. The number of nitrogens with one attached hydrogen (secondary N) is 1. The second-order valence-corrected chi connectivity index (χ2v) is 5.13. The Hall–Kier alpha value is -1.22. The van der Waals surface area contributed by atoms with Gasteiger partial charge in [-0.25, -0.2) is 0 Å². The van der Waals surface area contributed by atoms with Gasteiger partial charge >= 0.3 is 0 Å². The van der Waals surface area contributed by atoms with Crippen molar-refractivity contribution in [2.24, 2.45) is 5.41 Å². The lowest BCUT2D eigenvalue weighted by Gasteiger charge is -2.15. The normalized spacial score (nSPS) is 16.4. The molecule has 1 saturated carbocycles. The maximum Gasteiger partial charge on any atom is 0.127 e. The van der Waals surface area contributed by atoms with Gasteiger partial charge in [-0.1, -0.05) is 13.0 Å². The summed E-state index contributed by atoms with van der Waals surface area (Å²) in [7, 11) is 3.37. The summed E-state index contributed by atoms with van der Waals surface area (Å²) in [6.45, 7) is 4.25. The highest BCUT2D eigenvalue weighted by Gasteiger charge is 2.39. The van der Waals surface area contributed by atoms with Crippen LogP contribution >= 0.6 is 0 Å². The summed E-state index contributed by atoms with van der Waals surface area (Å²) in [4.78, 5) is 0. The zero-order valence-corrected chi connectivity index (χ0v) is 11.6. The molecule has 3 heteroatoms. The van der Waals surface area contributed by atoms with Gasteiger partial charge in [-0.2, -0.15) is 0 Å². The highest BCUT2D eigenvalue weighted by molar-refractivity contribution is 5.40. The molecule has 0 heterocycles. The number of benzene rings is 1. The first-order valence-electron chi connectivity index (χ1n) is 6.64. The van der Waals surface area contributed by atoms with E-state index in [9.17, 15) is 0 Å². The van der Waals surface area contributed by atoms with E-state index >= 15 is 0 Å². The molecule has 1 N–H and O–H groups in total. The third kappa shape index (κ3) is 2.96. The molecular formula is C15H23NO2. The minimum Gasteiger partial charge on any atom is -0.497 e. The van der Waals surface area contributed by atoms with Crippen molar-refractivity contribution in [3.05, 3.63) is 23.8 Å². The zero-order valence-electron chi connectivity index (χ0n) is 11.6. The minimum absolute atomic E-state index is 0.583. The van der Waals surface area contributed by atoms with Crippen LogP contribution in [0.15, 0.2) is 18.2 Å². The van der Waals surface area contributed by atoms with Crippen molar-refractivity contribution in [2.45, 2.75) is 32.7 Å². The molecule has 18 heavy (non-hydrogen) atoms.